The van der Waals surface area contributed by atoms with Gasteiger partial charge in [0, 0.05) is 11.4 Å². The molecular weight excluding hydrogens is 212 g/mol. The van der Waals surface area contributed by atoms with Gasteiger partial charge in [0.25, 0.3) is 0 Å². The number of hydrogen-bond acceptors (Lipinski definition) is 4. The zero-order valence-electron chi connectivity index (χ0n) is 10.8. The van der Waals surface area contributed by atoms with Crippen molar-refractivity contribution in [2.45, 2.75) is 33.2 Å². The fraction of sp³-hybridized carbons (Fsp3) is 0.692. The highest BCUT2D eigenvalue weighted by molar-refractivity contribution is 5.08. The molecule has 0 amide bonds. The standard InChI is InChI=1S/C13H22N4/c1-10-7-11(2)16-13(15-10)9-17-5-3-12(8-14)4-6-17/h7,12H,3-6,8-9,14H2,1-2H3. The molecule has 1 fully saturated rings. The van der Waals surface area contributed by atoms with Crippen LogP contribution in [0, 0.1) is 19.8 Å². The van der Waals surface area contributed by atoms with E-state index in [0.29, 0.717) is 5.92 Å². The van der Waals surface area contributed by atoms with Crippen LogP contribution in [0.25, 0.3) is 0 Å². The van der Waals surface area contributed by atoms with Crippen molar-refractivity contribution in [3.63, 3.8) is 0 Å². The van der Waals surface area contributed by atoms with E-state index in [1.165, 1.54) is 12.8 Å². The molecule has 1 saturated heterocycles. The van der Waals surface area contributed by atoms with Gasteiger partial charge >= 0.3 is 0 Å². The highest BCUT2D eigenvalue weighted by atomic mass is 15.1. The van der Waals surface area contributed by atoms with Crippen LogP contribution in [0.3, 0.4) is 0 Å². The topological polar surface area (TPSA) is 55.0 Å². The summed E-state index contributed by atoms with van der Waals surface area (Å²) in [5.41, 5.74) is 7.82. The van der Waals surface area contributed by atoms with Crippen LogP contribution in [0.15, 0.2) is 6.07 Å². The van der Waals surface area contributed by atoms with Gasteiger partial charge in [0.15, 0.2) is 0 Å². The fourth-order valence-electron chi connectivity index (χ4n) is 2.45. The minimum Gasteiger partial charge on any atom is -0.330 e. The van der Waals surface area contributed by atoms with Gasteiger partial charge in [-0.1, -0.05) is 0 Å². The molecule has 0 unspecified atom stereocenters. The highest BCUT2D eigenvalue weighted by Gasteiger charge is 2.18. The number of nitrogens with zero attached hydrogens (tertiary/aromatic N) is 3. The van der Waals surface area contributed by atoms with E-state index in [-0.39, 0.29) is 0 Å². The first-order chi connectivity index (χ1) is 8.17. The lowest BCUT2D eigenvalue weighted by Gasteiger charge is -2.30. The van der Waals surface area contributed by atoms with E-state index in [4.69, 9.17) is 5.73 Å². The number of hydrogen-bond donors (Lipinski definition) is 1. The van der Waals surface area contributed by atoms with Crippen molar-refractivity contribution < 1.29 is 0 Å². The second-order valence-electron chi connectivity index (χ2n) is 5.02. The molecule has 1 aromatic heterocycles. The molecule has 0 aliphatic carbocycles. The van der Waals surface area contributed by atoms with Crippen LogP contribution < -0.4 is 5.73 Å². The van der Waals surface area contributed by atoms with Crippen LogP contribution >= 0.6 is 0 Å². The molecule has 0 atom stereocenters. The maximum Gasteiger partial charge on any atom is 0.142 e. The summed E-state index contributed by atoms with van der Waals surface area (Å²) < 4.78 is 0. The quantitative estimate of drug-likeness (QED) is 0.855. The molecule has 17 heavy (non-hydrogen) atoms. The monoisotopic (exact) mass is 234 g/mol. The van der Waals surface area contributed by atoms with E-state index < -0.39 is 0 Å². The summed E-state index contributed by atoms with van der Waals surface area (Å²) in [7, 11) is 0. The molecule has 1 aromatic rings. The SMILES string of the molecule is Cc1cc(C)nc(CN2CCC(CN)CC2)n1. The zero-order chi connectivity index (χ0) is 12.3. The molecule has 1 aliphatic heterocycles. The van der Waals surface area contributed by atoms with Gasteiger partial charge in [-0.2, -0.15) is 0 Å². The van der Waals surface area contributed by atoms with Crippen LogP contribution in [-0.4, -0.2) is 34.5 Å². The van der Waals surface area contributed by atoms with Crippen LogP contribution in [0.5, 0.6) is 0 Å². The second kappa shape index (κ2) is 5.56. The summed E-state index contributed by atoms with van der Waals surface area (Å²) in [6.45, 7) is 8.00. The lowest BCUT2D eigenvalue weighted by Crippen LogP contribution is -2.36. The number of aromatic nitrogens is 2. The normalized spacial score (nSPS) is 18.5. The summed E-state index contributed by atoms with van der Waals surface area (Å²) in [5, 5.41) is 0. The Morgan fingerprint density at radius 1 is 1.24 bits per heavy atom. The summed E-state index contributed by atoms with van der Waals surface area (Å²) in [6.07, 6.45) is 2.42. The van der Waals surface area contributed by atoms with Crippen molar-refractivity contribution in [2.24, 2.45) is 11.7 Å². The first-order valence-electron chi connectivity index (χ1n) is 6.41. The Morgan fingerprint density at radius 3 is 2.35 bits per heavy atom. The third-order valence-electron chi connectivity index (χ3n) is 3.43. The van der Waals surface area contributed by atoms with Gasteiger partial charge in [-0.05, 0) is 58.3 Å². The van der Waals surface area contributed by atoms with Crippen molar-refractivity contribution in [2.75, 3.05) is 19.6 Å². The third kappa shape index (κ3) is 3.48. The van der Waals surface area contributed by atoms with E-state index in [1.807, 2.05) is 19.9 Å². The third-order valence-corrected chi connectivity index (χ3v) is 3.43. The highest BCUT2D eigenvalue weighted by Crippen LogP contribution is 2.17. The van der Waals surface area contributed by atoms with Crippen molar-refractivity contribution >= 4 is 0 Å². The minimum atomic E-state index is 0.714. The average molecular weight is 234 g/mol. The smallest absolute Gasteiger partial charge is 0.142 e. The number of aryl methyl sites for hydroxylation is 2. The maximum atomic E-state index is 5.70. The van der Waals surface area contributed by atoms with E-state index >= 15 is 0 Å². The van der Waals surface area contributed by atoms with Crippen LogP contribution in [0.2, 0.25) is 0 Å². The first kappa shape index (κ1) is 12.5. The van der Waals surface area contributed by atoms with Gasteiger partial charge in [-0.3, -0.25) is 4.90 Å². The van der Waals surface area contributed by atoms with E-state index in [1.54, 1.807) is 0 Å². The molecule has 94 valence electrons. The number of piperidine rings is 1. The Kier molecular flexibility index (Phi) is 4.07. The van der Waals surface area contributed by atoms with Gasteiger partial charge in [-0.15, -0.1) is 0 Å². The fourth-order valence-corrected chi connectivity index (χ4v) is 2.45. The van der Waals surface area contributed by atoms with Crippen LogP contribution in [-0.2, 0) is 6.54 Å². The molecule has 0 bridgehead atoms. The predicted molar refractivity (Wildman–Crippen MR) is 68.6 cm³/mol. The molecule has 2 N–H and O–H groups in total. The minimum absolute atomic E-state index is 0.714. The first-order valence-corrected chi connectivity index (χ1v) is 6.41. The summed E-state index contributed by atoms with van der Waals surface area (Å²) >= 11 is 0. The van der Waals surface area contributed by atoms with Crippen molar-refractivity contribution in [3.05, 3.63) is 23.3 Å². The van der Waals surface area contributed by atoms with Crippen molar-refractivity contribution in [1.82, 2.24) is 14.9 Å². The molecule has 1 aliphatic rings. The lowest BCUT2D eigenvalue weighted by molar-refractivity contribution is 0.176. The Morgan fingerprint density at radius 2 is 1.82 bits per heavy atom. The molecule has 4 heteroatoms. The van der Waals surface area contributed by atoms with E-state index in [0.717, 1.165) is 43.4 Å². The summed E-state index contributed by atoms with van der Waals surface area (Å²) in [6, 6.07) is 2.02. The van der Waals surface area contributed by atoms with Gasteiger partial charge in [0.1, 0.15) is 5.82 Å². The lowest BCUT2D eigenvalue weighted by atomic mass is 9.97. The van der Waals surface area contributed by atoms with Crippen molar-refractivity contribution in [1.29, 1.82) is 0 Å². The molecule has 0 saturated carbocycles. The zero-order valence-corrected chi connectivity index (χ0v) is 10.8. The number of likely N-dealkylation sites (tertiary alicyclic amines) is 1. The second-order valence-corrected chi connectivity index (χ2v) is 5.02. The molecular formula is C13H22N4. The maximum absolute atomic E-state index is 5.70. The molecule has 0 aromatic carbocycles. The van der Waals surface area contributed by atoms with Gasteiger partial charge in [0.2, 0.25) is 0 Å². The summed E-state index contributed by atoms with van der Waals surface area (Å²) in [4.78, 5) is 11.4. The average Bonchev–Trinajstić information content (AvgIpc) is 2.28. The van der Waals surface area contributed by atoms with Crippen LogP contribution in [0.4, 0.5) is 0 Å². The molecule has 0 spiro atoms. The van der Waals surface area contributed by atoms with Crippen LogP contribution in [0.1, 0.15) is 30.1 Å². The number of nitrogens with two attached hydrogens (primary N) is 1. The Labute approximate surface area is 103 Å². The Hall–Kier alpha value is -1.00. The molecule has 4 nitrogen and oxygen atoms in total. The Balaban J connectivity index is 1.93. The predicted octanol–water partition coefficient (Wildman–Crippen LogP) is 1.26. The summed E-state index contributed by atoms with van der Waals surface area (Å²) in [5.74, 6) is 1.67. The number of rotatable bonds is 3. The van der Waals surface area contributed by atoms with Gasteiger partial charge in [-0.25, -0.2) is 9.97 Å². The Bertz CT molecular complexity index is 349. The van der Waals surface area contributed by atoms with E-state index in [2.05, 4.69) is 14.9 Å². The van der Waals surface area contributed by atoms with Gasteiger partial charge < -0.3 is 5.73 Å². The molecule has 2 rings (SSSR count). The van der Waals surface area contributed by atoms with E-state index in [9.17, 15) is 0 Å². The van der Waals surface area contributed by atoms with Crippen molar-refractivity contribution in [3.8, 4) is 0 Å². The van der Waals surface area contributed by atoms with Gasteiger partial charge in [0.05, 0.1) is 6.54 Å². The largest absolute Gasteiger partial charge is 0.330 e. The molecule has 0 radical (unpaired) electrons. The molecule has 2 heterocycles.